The summed E-state index contributed by atoms with van der Waals surface area (Å²) in [5.74, 6) is -1.43. The summed E-state index contributed by atoms with van der Waals surface area (Å²) in [4.78, 5) is 52.3. The minimum atomic E-state index is -0.680. The minimum absolute atomic E-state index is 0.206. The number of ether oxygens (including phenoxy) is 1. The maximum absolute atomic E-state index is 12.8. The number of fused-ring (bicyclic) bond motifs is 1. The lowest BCUT2D eigenvalue weighted by Crippen LogP contribution is -2.62. The predicted molar refractivity (Wildman–Crippen MR) is 103 cm³/mol. The van der Waals surface area contributed by atoms with Gasteiger partial charge in [-0.25, -0.2) is 14.3 Å². The van der Waals surface area contributed by atoms with E-state index in [0.29, 0.717) is 5.70 Å². The second-order valence-corrected chi connectivity index (χ2v) is 7.17. The number of hydrogen-bond acceptors (Lipinski definition) is 7. The fourth-order valence-corrected chi connectivity index (χ4v) is 3.82. The number of anilines is 1. The van der Waals surface area contributed by atoms with Gasteiger partial charge < -0.3 is 10.1 Å². The summed E-state index contributed by atoms with van der Waals surface area (Å²) in [7, 11) is 1.25. The third-order valence-electron chi connectivity index (χ3n) is 4.32. The number of methoxy groups -OCH3 is 1. The molecule has 2 N–H and O–H groups in total. The highest BCUT2D eigenvalue weighted by Gasteiger charge is 2.46. The zero-order chi connectivity index (χ0) is 20.4. The van der Waals surface area contributed by atoms with Crippen molar-refractivity contribution in [2.45, 2.75) is 25.9 Å². The first-order chi connectivity index (χ1) is 13.3. The fraction of sp³-hybridized carbons (Fsp3) is 0.333. The smallest absolute Gasteiger partial charge is 0.339 e. The number of benzene rings is 1. The lowest BCUT2D eigenvalue weighted by molar-refractivity contribution is -0.133. The Morgan fingerprint density at radius 1 is 1.29 bits per heavy atom. The molecule has 0 saturated carbocycles. The van der Waals surface area contributed by atoms with Crippen LogP contribution in [0.3, 0.4) is 0 Å². The van der Waals surface area contributed by atoms with Crippen LogP contribution in [0, 0.1) is 0 Å². The Labute approximate surface area is 166 Å². The van der Waals surface area contributed by atoms with Crippen LogP contribution < -0.4 is 10.0 Å². The molecule has 3 rings (SSSR count). The fourth-order valence-electron chi connectivity index (χ4n) is 3.01. The van der Waals surface area contributed by atoms with Crippen molar-refractivity contribution in [2.24, 2.45) is 0 Å². The topological polar surface area (TPSA) is 108 Å². The van der Waals surface area contributed by atoms with Gasteiger partial charge >= 0.3 is 12.0 Å². The van der Waals surface area contributed by atoms with E-state index in [0.717, 1.165) is 4.90 Å². The Bertz CT molecular complexity index is 869. The zero-order valence-electron chi connectivity index (χ0n) is 15.6. The van der Waals surface area contributed by atoms with E-state index in [9.17, 15) is 19.2 Å². The van der Waals surface area contributed by atoms with Crippen LogP contribution in [0.1, 0.15) is 24.2 Å². The molecule has 0 radical (unpaired) electrons. The molecule has 0 bridgehead atoms. The Kier molecular flexibility index (Phi) is 5.71. The van der Waals surface area contributed by atoms with E-state index in [2.05, 4.69) is 10.0 Å². The number of nitrogens with one attached hydrogen (secondary N) is 2. The normalized spacial score (nSPS) is 18.9. The number of imide groups is 1. The van der Waals surface area contributed by atoms with Crippen LogP contribution in [0.5, 0.6) is 0 Å². The molecule has 148 valence electrons. The first-order valence-corrected chi connectivity index (χ1v) is 9.46. The molecule has 0 aromatic heterocycles. The number of nitrogens with zero attached hydrogens (tertiary/aromatic N) is 2. The third-order valence-corrected chi connectivity index (χ3v) is 5.05. The molecule has 1 aromatic carbocycles. The SMILES string of the molecule is COC(=O)c1ccccc1NC(=O)CN1C(=O)N(C(C)C)C(=O)C2NSC=C21. The molecular weight excluding hydrogens is 384 g/mol. The van der Waals surface area contributed by atoms with Crippen molar-refractivity contribution in [1.29, 1.82) is 0 Å². The minimum Gasteiger partial charge on any atom is -0.465 e. The average molecular weight is 404 g/mol. The molecule has 2 aliphatic rings. The van der Waals surface area contributed by atoms with Gasteiger partial charge in [0.05, 0.1) is 24.1 Å². The number of esters is 1. The lowest BCUT2D eigenvalue weighted by Gasteiger charge is -2.39. The highest BCUT2D eigenvalue weighted by Crippen LogP contribution is 2.30. The summed E-state index contributed by atoms with van der Waals surface area (Å²) in [5.41, 5.74) is 0.927. The molecule has 0 spiro atoms. The van der Waals surface area contributed by atoms with Gasteiger partial charge in [-0.3, -0.25) is 19.4 Å². The number of amides is 4. The molecule has 2 heterocycles. The Morgan fingerprint density at radius 2 is 2.00 bits per heavy atom. The number of carbonyl (C=O) groups is 4. The van der Waals surface area contributed by atoms with E-state index in [1.807, 2.05) is 0 Å². The second-order valence-electron chi connectivity index (χ2n) is 6.47. The summed E-state index contributed by atoms with van der Waals surface area (Å²) in [6.07, 6.45) is 0. The van der Waals surface area contributed by atoms with Crippen LogP contribution in [0.2, 0.25) is 0 Å². The molecule has 9 nitrogen and oxygen atoms in total. The van der Waals surface area contributed by atoms with Crippen LogP contribution in [-0.2, 0) is 14.3 Å². The zero-order valence-corrected chi connectivity index (χ0v) is 16.4. The number of hydrogen-bond donors (Lipinski definition) is 2. The van der Waals surface area contributed by atoms with Crippen LogP contribution in [-0.4, -0.2) is 59.4 Å². The van der Waals surface area contributed by atoms with Gasteiger partial charge in [0.25, 0.3) is 5.91 Å². The lowest BCUT2D eigenvalue weighted by atomic mass is 10.1. The Morgan fingerprint density at radius 3 is 2.68 bits per heavy atom. The number of para-hydroxylation sites is 1. The Balaban J connectivity index is 1.81. The summed E-state index contributed by atoms with van der Waals surface area (Å²) in [6, 6.07) is 4.84. The van der Waals surface area contributed by atoms with Gasteiger partial charge in [0.15, 0.2) is 0 Å². The van der Waals surface area contributed by atoms with Crippen LogP contribution in [0.15, 0.2) is 35.4 Å². The standard InChI is InChI=1S/C18H20N4O5S/c1-10(2)22-16(24)15-13(9-28-20-15)21(18(22)26)8-14(23)19-12-7-5-4-6-11(12)17(25)27-3/h4-7,9-10,15,20H,8H2,1-3H3,(H,19,23). The van der Waals surface area contributed by atoms with Crippen molar-refractivity contribution in [3.05, 3.63) is 40.9 Å². The molecule has 0 aliphatic carbocycles. The van der Waals surface area contributed by atoms with Gasteiger partial charge in [0.2, 0.25) is 5.91 Å². The molecular formula is C18H20N4O5S. The first-order valence-electron chi connectivity index (χ1n) is 8.58. The molecule has 10 heteroatoms. The van der Waals surface area contributed by atoms with E-state index in [-0.39, 0.29) is 29.7 Å². The molecule has 1 atom stereocenters. The van der Waals surface area contributed by atoms with Crippen LogP contribution in [0.4, 0.5) is 10.5 Å². The van der Waals surface area contributed by atoms with E-state index in [4.69, 9.17) is 4.74 Å². The number of rotatable bonds is 5. The van der Waals surface area contributed by atoms with Gasteiger partial charge in [-0.15, -0.1) is 0 Å². The molecule has 1 aromatic rings. The van der Waals surface area contributed by atoms with Crippen molar-refractivity contribution in [3.8, 4) is 0 Å². The second kappa shape index (κ2) is 8.03. The van der Waals surface area contributed by atoms with Gasteiger partial charge in [-0.1, -0.05) is 24.1 Å². The quantitative estimate of drug-likeness (QED) is 0.566. The van der Waals surface area contributed by atoms with Crippen molar-refractivity contribution in [1.82, 2.24) is 14.5 Å². The monoisotopic (exact) mass is 404 g/mol. The molecule has 1 fully saturated rings. The maximum atomic E-state index is 12.8. The van der Waals surface area contributed by atoms with E-state index in [1.165, 1.54) is 30.0 Å². The Hall–Kier alpha value is -2.85. The van der Waals surface area contributed by atoms with Gasteiger partial charge in [0.1, 0.15) is 12.6 Å². The van der Waals surface area contributed by atoms with Crippen molar-refractivity contribution in [3.63, 3.8) is 0 Å². The molecule has 1 unspecified atom stereocenters. The summed E-state index contributed by atoms with van der Waals surface area (Å²) in [6.45, 7) is 3.17. The third kappa shape index (κ3) is 3.60. The number of urea groups is 1. The first kappa shape index (κ1) is 19.9. The summed E-state index contributed by atoms with van der Waals surface area (Å²) >= 11 is 1.20. The molecule has 2 aliphatic heterocycles. The van der Waals surface area contributed by atoms with Gasteiger partial charge in [-0.2, -0.15) is 0 Å². The van der Waals surface area contributed by atoms with E-state index >= 15 is 0 Å². The summed E-state index contributed by atoms with van der Waals surface area (Å²) < 4.78 is 7.66. The van der Waals surface area contributed by atoms with Crippen molar-refractivity contribution < 1.29 is 23.9 Å². The van der Waals surface area contributed by atoms with Crippen molar-refractivity contribution >= 4 is 41.5 Å². The highest BCUT2D eigenvalue weighted by molar-refractivity contribution is 8.00. The number of carbonyl (C=O) groups excluding carboxylic acids is 4. The largest absolute Gasteiger partial charge is 0.465 e. The van der Waals surface area contributed by atoms with Crippen LogP contribution in [0.25, 0.3) is 0 Å². The highest BCUT2D eigenvalue weighted by atomic mass is 32.2. The van der Waals surface area contributed by atoms with Crippen LogP contribution >= 0.6 is 11.9 Å². The summed E-state index contributed by atoms with van der Waals surface area (Å²) in [5, 5.41) is 4.28. The van der Waals surface area contributed by atoms with E-state index in [1.54, 1.807) is 37.5 Å². The van der Waals surface area contributed by atoms with Gasteiger partial charge in [0, 0.05) is 11.4 Å². The van der Waals surface area contributed by atoms with Crippen molar-refractivity contribution in [2.75, 3.05) is 19.0 Å². The van der Waals surface area contributed by atoms with Gasteiger partial charge in [-0.05, 0) is 26.0 Å². The molecule has 4 amide bonds. The average Bonchev–Trinajstić information content (AvgIpc) is 3.15. The molecule has 1 saturated heterocycles. The maximum Gasteiger partial charge on any atom is 0.339 e. The molecule has 28 heavy (non-hydrogen) atoms. The van der Waals surface area contributed by atoms with E-state index < -0.39 is 23.9 Å². The predicted octanol–water partition coefficient (Wildman–Crippen LogP) is 1.55.